The maximum absolute atomic E-state index is 13.2. The topological polar surface area (TPSA) is 44.4 Å². The minimum atomic E-state index is -0.120. The fraction of sp³-hybridized carbons (Fsp3) is 0.200. The second kappa shape index (κ2) is 9.96. The molecule has 0 atom stereocenters. The average Bonchev–Trinajstić information content (AvgIpc) is 3.40. The lowest BCUT2D eigenvalue weighted by molar-refractivity contribution is -0.658. The number of para-hydroxylation sites is 2. The predicted molar refractivity (Wildman–Crippen MR) is 151 cm³/mol. The zero-order chi connectivity index (χ0) is 25.4. The monoisotopic (exact) mass is 513 g/mol. The zero-order valence-electron chi connectivity index (χ0n) is 20.9. The standard InChI is InChI=1S/C30H28N2O2S2/c1-19(2)13-15-31-23-9-5-7-11-25(23)35-27(31)17-21-29(33)22(30(21)34)18-28-32(16-14-20(3)4)24-10-6-8-12-26(24)36-28/h5-14,17-18H,15-16H2,1-4H3/p+1. The summed E-state index contributed by atoms with van der Waals surface area (Å²) in [7, 11) is 0. The van der Waals surface area contributed by atoms with Crippen LogP contribution in [0, 0.1) is 0 Å². The SMILES string of the molecule is CC(C)=CCN1/C(=C/C2=C(O)C(=C\c3sc4ccccc4[n+]3CC=C(C)C)/C2=O)Sc2ccccc21. The number of anilines is 1. The van der Waals surface area contributed by atoms with Gasteiger partial charge in [-0.2, -0.15) is 4.57 Å². The number of fused-ring (bicyclic) bond motifs is 2. The van der Waals surface area contributed by atoms with E-state index in [1.165, 1.54) is 11.1 Å². The number of aromatic nitrogens is 1. The Bertz CT molecular complexity index is 1530. The fourth-order valence-electron chi connectivity index (χ4n) is 4.20. The summed E-state index contributed by atoms with van der Waals surface area (Å²) in [5.74, 6) is -0.0534. The summed E-state index contributed by atoms with van der Waals surface area (Å²) in [6.07, 6.45) is 8.01. The van der Waals surface area contributed by atoms with Gasteiger partial charge in [-0.3, -0.25) is 4.79 Å². The Balaban J connectivity index is 1.51. The fourth-order valence-corrected chi connectivity index (χ4v) is 6.43. The maximum Gasteiger partial charge on any atom is 0.263 e. The Labute approximate surface area is 220 Å². The van der Waals surface area contributed by atoms with Crippen molar-refractivity contribution in [1.29, 1.82) is 0 Å². The Morgan fingerprint density at radius 3 is 2.44 bits per heavy atom. The summed E-state index contributed by atoms with van der Waals surface area (Å²) in [5.41, 5.74) is 5.46. The Morgan fingerprint density at radius 2 is 1.69 bits per heavy atom. The molecule has 0 amide bonds. The number of thioether (sulfide) groups is 1. The van der Waals surface area contributed by atoms with Crippen LogP contribution in [0.5, 0.6) is 0 Å². The van der Waals surface area contributed by atoms with Crippen molar-refractivity contribution in [2.45, 2.75) is 39.1 Å². The van der Waals surface area contributed by atoms with Crippen molar-refractivity contribution in [3.8, 4) is 0 Å². The second-order valence-electron chi connectivity index (χ2n) is 9.39. The first-order chi connectivity index (χ1) is 17.3. The number of carbonyl (C=O) groups excluding carboxylic acids is 1. The summed E-state index contributed by atoms with van der Waals surface area (Å²) in [6.45, 7) is 9.76. The zero-order valence-corrected chi connectivity index (χ0v) is 22.5. The lowest BCUT2D eigenvalue weighted by Gasteiger charge is -2.22. The van der Waals surface area contributed by atoms with E-state index in [1.54, 1.807) is 23.1 Å². The summed E-state index contributed by atoms with van der Waals surface area (Å²) < 4.78 is 3.35. The number of Topliss-reactive ketones (excluding diaryl/α,β-unsaturated/α-hetero) is 1. The van der Waals surface area contributed by atoms with E-state index in [2.05, 4.69) is 73.6 Å². The van der Waals surface area contributed by atoms with Gasteiger partial charge in [0.1, 0.15) is 10.5 Å². The van der Waals surface area contributed by atoms with Crippen molar-refractivity contribution >= 4 is 50.9 Å². The molecule has 1 N–H and O–H groups in total. The van der Waals surface area contributed by atoms with Crippen molar-refractivity contribution in [3.63, 3.8) is 0 Å². The van der Waals surface area contributed by atoms with Gasteiger partial charge in [-0.25, -0.2) is 0 Å². The third kappa shape index (κ3) is 4.59. The first-order valence-electron chi connectivity index (χ1n) is 12.0. The first-order valence-corrected chi connectivity index (χ1v) is 13.6. The van der Waals surface area contributed by atoms with E-state index in [4.69, 9.17) is 0 Å². The van der Waals surface area contributed by atoms with E-state index < -0.39 is 0 Å². The van der Waals surface area contributed by atoms with Crippen LogP contribution in [0.25, 0.3) is 16.3 Å². The van der Waals surface area contributed by atoms with Gasteiger partial charge in [0, 0.05) is 23.6 Å². The number of hydrogen-bond donors (Lipinski definition) is 1. The molecule has 36 heavy (non-hydrogen) atoms. The molecule has 2 heterocycles. The Morgan fingerprint density at radius 1 is 0.972 bits per heavy atom. The number of nitrogens with zero attached hydrogens (tertiary/aromatic N) is 2. The molecule has 0 saturated carbocycles. The van der Waals surface area contributed by atoms with Crippen LogP contribution in [0.15, 0.2) is 105 Å². The number of allylic oxidation sites excluding steroid dienone is 6. The van der Waals surface area contributed by atoms with Crippen molar-refractivity contribution in [3.05, 3.63) is 105 Å². The highest BCUT2D eigenvalue weighted by atomic mass is 32.2. The van der Waals surface area contributed by atoms with Gasteiger partial charge < -0.3 is 10.0 Å². The lowest BCUT2D eigenvalue weighted by atomic mass is 9.88. The van der Waals surface area contributed by atoms with Gasteiger partial charge in [0.15, 0.2) is 6.54 Å². The molecular formula is C30H29N2O2S2+. The van der Waals surface area contributed by atoms with Crippen LogP contribution < -0.4 is 9.47 Å². The molecule has 5 rings (SSSR count). The molecule has 182 valence electrons. The van der Waals surface area contributed by atoms with Gasteiger partial charge in [-0.1, -0.05) is 64.6 Å². The van der Waals surface area contributed by atoms with Gasteiger partial charge >= 0.3 is 0 Å². The van der Waals surface area contributed by atoms with Crippen LogP contribution >= 0.6 is 23.1 Å². The normalized spacial score (nSPS) is 17.1. The number of aliphatic hydroxyl groups excluding tert-OH is 1. The molecule has 0 bridgehead atoms. The molecule has 1 aliphatic heterocycles. The molecule has 6 heteroatoms. The summed E-state index contributed by atoms with van der Waals surface area (Å²) in [6, 6.07) is 16.5. The van der Waals surface area contributed by atoms with Crippen LogP contribution in [0.4, 0.5) is 5.69 Å². The number of rotatable bonds is 6. The van der Waals surface area contributed by atoms with Crippen molar-refractivity contribution in [2.24, 2.45) is 0 Å². The van der Waals surface area contributed by atoms with E-state index in [1.807, 2.05) is 36.4 Å². The minimum Gasteiger partial charge on any atom is -0.506 e. The maximum atomic E-state index is 13.2. The van der Waals surface area contributed by atoms with Crippen molar-refractivity contribution < 1.29 is 14.5 Å². The van der Waals surface area contributed by atoms with Crippen molar-refractivity contribution in [2.75, 3.05) is 11.4 Å². The summed E-state index contributed by atoms with van der Waals surface area (Å²) >= 11 is 3.26. The number of ketones is 1. The van der Waals surface area contributed by atoms with Crippen LogP contribution in [0.2, 0.25) is 0 Å². The highest BCUT2D eigenvalue weighted by molar-refractivity contribution is 8.03. The van der Waals surface area contributed by atoms with Crippen LogP contribution in [-0.4, -0.2) is 17.4 Å². The molecule has 1 aromatic heterocycles. The molecule has 0 unspecified atom stereocenters. The van der Waals surface area contributed by atoms with E-state index >= 15 is 0 Å². The van der Waals surface area contributed by atoms with Gasteiger partial charge in [0.2, 0.25) is 11.3 Å². The molecule has 2 aromatic carbocycles. The second-order valence-corrected chi connectivity index (χ2v) is 11.5. The molecule has 4 nitrogen and oxygen atoms in total. The Hall–Kier alpha value is -3.35. The summed E-state index contributed by atoms with van der Waals surface area (Å²) in [5, 5.41) is 12.8. The van der Waals surface area contributed by atoms with Gasteiger partial charge in [0.05, 0.1) is 21.9 Å². The van der Waals surface area contributed by atoms with E-state index in [9.17, 15) is 9.90 Å². The highest BCUT2D eigenvalue weighted by Gasteiger charge is 2.36. The number of aliphatic hydroxyl groups is 1. The van der Waals surface area contributed by atoms with Gasteiger partial charge in [0.25, 0.3) is 5.01 Å². The molecule has 0 fully saturated rings. The van der Waals surface area contributed by atoms with E-state index in [0.29, 0.717) is 11.1 Å². The highest BCUT2D eigenvalue weighted by Crippen LogP contribution is 2.47. The molecule has 0 radical (unpaired) electrons. The number of benzene rings is 2. The third-order valence-corrected chi connectivity index (χ3v) is 8.40. The van der Waals surface area contributed by atoms with Gasteiger partial charge in [-0.15, -0.1) is 0 Å². The molecule has 1 aliphatic carbocycles. The van der Waals surface area contributed by atoms with E-state index in [0.717, 1.165) is 43.9 Å². The predicted octanol–water partition coefficient (Wildman–Crippen LogP) is 7.35. The minimum absolute atomic E-state index is 0.0671. The number of carbonyl (C=O) groups is 1. The quantitative estimate of drug-likeness (QED) is 0.213. The first kappa shape index (κ1) is 24.3. The number of hydrogen-bond acceptors (Lipinski definition) is 5. The molecule has 2 aliphatic rings. The van der Waals surface area contributed by atoms with Gasteiger partial charge in [-0.05, 0) is 58.0 Å². The Kier molecular flexibility index (Phi) is 6.73. The molecule has 3 aromatic rings. The third-order valence-electron chi connectivity index (χ3n) is 6.17. The number of thiazole rings is 1. The smallest absolute Gasteiger partial charge is 0.263 e. The molecular weight excluding hydrogens is 484 g/mol. The summed E-state index contributed by atoms with van der Waals surface area (Å²) in [4.78, 5) is 16.6. The molecule has 0 spiro atoms. The van der Waals surface area contributed by atoms with E-state index in [-0.39, 0.29) is 11.5 Å². The lowest BCUT2D eigenvalue weighted by Crippen LogP contribution is -2.35. The largest absolute Gasteiger partial charge is 0.506 e. The van der Waals surface area contributed by atoms with Crippen LogP contribution in [-0.2, 0) is 11.3 Å². The van der Waals surface area contributed by atoms with Crippen molar-refractivity contribution in [1.82, 2.24) is 0 Å². The van der Waals surface area contributed by atoms with Crippen LogP contribution in [0.1, 0.15) is 32.7 Å². The molecule has 0 saturated heterocycles. The average molecular weight is 514 g/mol. The van der Waals surface area contributed by atoms with Crippen LogP contribution in [0.3, 0.4) is 0 Å².